The van der Waals surface area contributed by atoms with E-state index in [9.17, 15) is 4.79 Å². The number of nitrogens with zero attached hydrogens (tertiary/aromatic N) is 3. The third-order valence-electron chi connectivity index (χ3n) is 4.08. The molecule has 1 unspecified atom stereocenters. The summed E-state index contributed by atoms with van der Waals surface area (Å²) in [6.45, 7) is 3.73. The number of furan rings is 1. The number of carbonyl (C=O) groups excluding carboxylic acids is 1. The minimum Gasteiger partial charge on any atom is -0.496 e. The Balaban J connectivity index is 1.61. The Morgan fingerprint density at radius 1 is 1.37 bits per heavy atom. The molecule has 1 aromatic carbocycles. The molecule has 9 heteroatoms. The molecule has 0 aliphatic heterocycles. The number of nitrogen functional groups attached to an aromatic ring is 1. The Kier molecular flexibility index (Phi) is 5.70. The number of benzene rings is 1. The minimum absolute atomic E-state index is 0.137. The van der Waals surface area contributed by atoms with Crippen LogP contribution in [-0.4, -0.2) is 33.6 Å². The molecule has 3 N–H and O–H groups in total. The number of hydrogen-bond acceptors (Lipinski definition) is 7. The average molecular weight is 387 g/mol. The standard InChI is InChI=1S/C18H21N5O3S/c1-11(13-6-4-5-7-15(13)25-3)20-16(24)10-27-18-22-21-17(23(18)19)14-8-9-26-12(14)2/h4-9,11H,10,19H2,1-3H3,(H,20,24). The Morgan fingerprint density at radius 3 is 2.85 bits per heavy atom. The van der Waals surface area contributed by atoms with E-state index in [0.29, 0.717) is 16.7 Å². The van der Waals surface area contributed by atoms with Gasteiger partial charge in [-0.05, 0) is 26.0 Å². The molecule has 0 saturated heterocycles. The zero-order valence-corrected chi connectivity index (χ0v) is 16.1. The van der Waals surface area contributed by atoms with Gasteiger partial charge in [-0.25, -0.2) is 4.68 Å². The first-order valence-corrected chi connectivity index (χ1v) is 9.29. The van der Waals surface area contributed by atoms with Crippen LogP contribution in [0.3, 0.4) is 0 Å². The summed E-state index contributed by atoms with van der Waals surface area (Å²) in [7, 11) is 1.61. The first-order valence-electron chi connectivity index (χ1n) is 8.31. The van der Waals surface area contributed by atoms with E-state index in [0.717, 1.165) is 16.9 Å². The number of aromatic nitrogens is 3. The smallest absolute Gasteiger partial charge is 0.230 e. The average Bonchev–Trinajstić information content (AvgIpc) is 3.25. The van der Waals surface area contributed by atoms with Crippen molar-refractivity contribution in [3.05, 3.63) is 47.9 Å². The van der Waals surface area contributed by atoms with Crippen LogP contribution in [-0.2, 0) is 4.79 Å². The number of carbonyl (C=O) groups is 1. The van der Waals surface area contributed by atoms with Crippen LogP contribution in [0.5, 0.6) is 5.75 Å². The quantitative estimate of drug-likeness (QED) is 0.474. The van der Waals surface area contributed by atoms with Crippen molar-refractivity contribution < 1.29 is 13.9 Å². The fourth-order valence-electron chi connectivity index (χ4n) is 2.69. The highest BCUT2D eigenvalue weighted by molar-refractivity contribution is 7.99. The molecule has 2 heterocycles. The van der Waals surface area contributed by atoms with Crippen LogP contribution in [0.2, 0.25) is 0 Å². The van der Waals surface area contributed by atoms with Gasteiger partial charge in [-0.3, -0.25) is 4.79 Å². The molecule has 2 aromatic heterocycles. The van der Waals surface area contributed by atoms with Gasteiger partial charge < -0.3 is 20.3 Å². The number of para-hydroxylation sites is 1. The van der Waals surface area contributed by atoms with Crippen molar-refractivity contribution in [2.24, 2.45) is 0 Å². The first kappa shape index (κ1) is 18.8. The largest absolute Gasteiger partial charge is 0.496 e. The summed E-state index contributed by atoms with van der Waals surface area (Å²) in [6, 6.07) is 9.18. The maximum atomic E-state index is 12.3. The topological polar surface area (TPSA) is 108 Å². The second-order valence-electron chi connectivity index (χ2n) is 5.89. The van der Waals surface area contributed by atoms with Crippen LogP contribution in [0.4, 0.5) is 0 Å². The monoisotopic (exact) mass is 387 g/mol. The van der Waals surface area contributed by atoms with Crippen LogP contribution in [0, 0.1) is 6.92 Å². The van der Waals surface area contributed by atoms with Gasteiger partial charge in [0.25, 0.3) is 0 Å². The van der Waals surface area contributed by atoms with E-state index in [-0.39, 0.29) is 17.7 Å². The van der Waals surface area contributed by atoms with Gasteiger partial charge in [0.1, 0.15) is 11.5 Å². The molecule has 0 saturated carbocycles. The third-order valence-corrected chi connectivity index (χ3v) is 5.02. The van der Waals surface area contributed by atoms with E-state index in [1.165, 1.54) is 16.4 Å². The molecule has 0 aliphatic carbocycles. The second-order valence-corrected chi connectivity index (χ2v) is 6.83. The molecule has 3 rings (SSSR count). The summed E-state index contributed by atoms with van der Waals surface area (Å²) >= 11 is 1.22. The summed E-state index contributed by atoms with van der Waals surface area (Å²) in [5.41, 5.74) is 1.68. The molecule has 1 atom stereocenters. The Bertz CT molecular complexity index is 937. The van der Waals surface area contributed by atoms with Crippen molar-refractivity contribution in [1.29, 1.82) is 0 Å². The minimum atomic E-state index is -0.186. The molecule has 0 spiro atoms. The number of hydrogen-bond donors (Lipinski definition) is 2. The molecule has 1 amide bonds. The lowest BCUT2D eigenvalue weighted by atomic mass is 10.1. The SMILES string of the molecule is COc1ccccc1C(C)NC(=O)CSc1nnc(-c2ccoc2C)n1N. The van der Waals surface area contributed by atoms with Gasteiger partial charge in [0, 0.05) is 5.56 Å². The highest BCUT2D eigenvalue weighted by Gasteiger charge is 2.18. The Morgan fingerprint density at radius 2 is 2.15 bits per heavy atom. The molecule has 3 aromatic rings. The molecule has 0 fully saturated rings. The number of methoxy groups -OCH3 is 1. The van der Waals surface area contributed by atoms with Crippen molar-refractivity contribution >= 4 is 17.7 Å². The second kappa shape index (κ2) is 8.17. The molecule has 8 nitrogen and oxygen atoms in total. The van der Waals surface area contributed by atoms with Crippen molar-refractivity contribution in [3.63, 3.8) is 0 Å². The predicted molar refractivity (Wildman–Crippen MR) is 103 cm³/mol. The van der Waals surface area contributed by atoms with E-state index in [1.54, 1.807) is 19.4 Å². The van der Waals surface area contributed by atoms with Crippen molar-refractivity contribution in [2.75, 3.05) is 18.7 Å². The molecule has 142 valence electrons. The van der Waals surface area contributed by atoms with Gasteiger partial charge in [0.15, 0.2) is 5.82 Å². The zero-order valence-electron chi connectivity index (χ0n) is 15.3. The molecular weight excluding hydrogens is 366 g/mol. The molecule has 0 bridgehead atoms. The van der Waals surface area contributed by atoms with E-state index in [1.807, 2.05) is 38.1 Å². The van der Waals surface area contributed by atoms with Gasteiger partial charge in [0.2, 0.25) is 11.1 Å². The molecular formula is C18H21N5O3S. The number of rotatable bonds is 7. The van der Waals surface area contributed by atoms with Gasteiger partial charge in [-0.1, -0.05) is 30.0 Å². The zero-order chi connectivity index (χ0) is 19.4. The lowest BCUT2D eigenvalue weighted by Gasteiger charge is -2.17. The van der Waals surface area contributed by atoms with E-state index in [4.69, 9.17) is 15.0 Å². The summed E-state index contributed by atoms with van der Waals surface area (Å²) < 4.78 is 12.0. The number of nitrogens with two attached hydrogens (primary N) is 1. The summed E-state index contributed by atoms with van der Waals surface area (Å²) in [6.07, 6.45) is 1.57. The number of amides is 1. The lowest BCUT2D eigenvalue weighted by molar-refractivity contribution is -0.119. The van der Waals surface area contributed by atoms with Crippen molar-refractivity contribution in [2.45, 2.75) is 25.0 Å². The number of thioether (sulfide) groups is 1. The fourth-order valence-corrected chi connectivity index (χ4v) is 3.36. The van der Waals surface area contributed by atoms with Crippen molar-refractivity contribution in [1.82, 2.24) is 20.2 Å². The van der Waals surface area contributed by atoms with Crippen LogP contribution in [0.25, 0.3) is 11.4 Å². The van der Waals surface area contributed by atoms with Crippen LogP contribution in [0.1, 0.15) is 24.3 Å². The highest BCUT2D eigenvalue weighted by atomic mass is 32.2. The number of nitrogens with one attached hydrogen (secondary N) is 1. The van der Waals surface area contributed by atoms with Crippen molar-refractivity contribution in [3.8, 4) is 17.1 Å². The lowest BCUT2D eigenvalue weighted by Crippen LogP contribution is -2.28. The van der Waals surface area contributed by atoms with E-state index < -0.39 is 0 Å². The van der Waals surface area contributed by atoms with Crippen LogP contribution >= 0.6 is 11.8 Å². The third kappa shape index (κ3) is 4.08. The van der Waals surface area contributed by atoms with E-state index >= 15 is 0 Å². The molecule has 27 heavy (non-hydrogen) atoms. The normalized spacial score (nSPS) is 12.0. The summed E-state index contributed by atoms with van der Waals surface area (Å²) in [4.78, 5) is 12.3. The molecule has 0 aliphatic rings. The first-order chi connectivity index (χ1) is 13.0. The summed E-state index contributed by atoms with van der Waals surface area (Å²) in [5, 5.41) is 11.5. The van der Waals surface area contributed by atoms with Gasteiger partial charge >= 0.3 is 0 Å². The fraction of sp³-hybridized carbons (Fsp3) is 0.278. The van der Waals surface area contributed by atoms with Gasteiger partial charge in [-0.2, -0.15) is 0 Å². The van der Waals surface area contributed by atoms with E-state index in [2.05, 4.69) is 15.5 Å². The molecule has 0 radical (unpaired) electrons. The number of ether oxygens (including phenoxy) is 1. The Labute approximate surface area is 161 Å². The Hall–Kier alpha value is -2.94. The highest BCUT2D eigenvalue weighted by Crippen LogP contribution is 2.26. The predicted octanol–water partition coefficient (Wildman–Crippen LogP) is 2.54. The van der Waals surface area contributed by atoms with Crippen LogP contribution in [0.15, 0.2) is 46.2 Å². The van der Waals surface area contributed by atoms with Gasteiger partial charge in [0.05, 0.1) is 30.7 Å². The number of aryl methyl sites for hydroxylation is 1. The maximum absolute atomic E-state index is 12.3. The van der Waals surface area contributed by atoms with Gasteiger partial charge in [-0.15, -0.1) is 10.2 Å². The maximum Gasteiger partial charge on any atom is 0.230 e. The van der Waals surface area contributed by atoms with Crippen LogP contribution < -0.4 is 15.9 Å². The summed E-state index contributed by atoms with van der Waals surface area (Å²) in [5.74, 6) is 8.02.